The van der Waals surface area contributed by atoms with E-state index in [1.807, 2.05) is 18.7 Å². The highest BCUT2D eigenvalue weighted by Crippen LogP contribution is 2.39. The van der Waals surface area contributed by atoms with E-state index in [0.29, 0.717) is 38.3 Å². The maximum atomic E-state index is 12.6. The summed E-state index contributed by atoms with van der Waals surface area (Å²) in [5.74, 6) is 0.562. The molecule has 0 aromatic carbocycles. The lowest BCUT2D eigenvalue weighted by atomic mass is 9.70. The Morgan fingerprint density at radius 1 is 1.40 bits per heavy atom. The fourth-order valence-electron chi connectivity index (χ4n) is 4.33. The Labute approximate surface area is 149 Å². The highest BCUT2D eigenvalue weighted by molar-refractivity contribution is 5.76. The van der Waals surface area contributed by atoms with Crippen molar-refractivity contribution in [1.29, 1.82) is 0 Å². The van der Waals surface area contributed by atoms with Gasteiger partial charge in [-0.05, 0) is 44.6 Å². The van der Waals surface area contributed by atoms with Crippen LogP contribution in [-0.2, 0) is 16.0 Å². The van der Waals surface area contributed by atoms with E-state index < -0.39 is 5.60 Å². The maximum Gasteiger partial charge on any atom is 0.222 e. The summed E-state index contributed by atoms with van der Waals surface area (Å²) in [6.45, 7) is 8.89. The highest BCUT2D eigenvalue weighted by atomic mass is 16.5. The third kappa shape index (κ3) is 3.75. The van der Waals surface area contributed by atoms with Gasteiger partial charge in [0.05, 0.1) is 11.3 Å². The molecule has 2 fully saturated rings. The number of carbonyl (C=O) groups excluding carboxylic acids is 1. The number of piperidine rings is 1. The Balaban J connectivity index is 1.54. The monoisotopic (exact) mass is 349 g/mol. The topological polar surface area (TPSA) is 78.5 Å². The quantitative estimate of drug-likeness (QED) is 0.871. The van der Waals surface area contributed by atoms with Crippen molar-refractivity contribution in [3.8, 4) is 0 Å². The van der Waals surface area contributed by atoms with E-state index in [1.54, 1.807) is 0 Å². The molecule has 0 bridgehead atoms. The molecule has 3 heterocycles. The number of nitrogens with one attached hydrogen (secondary N) is 1. The van der Waals surface area contributed by atoms with Crippen molar-refractivity contribution in [3.63, 3.8) is 0 Å². The molecule has 25 heavy (non-hydrogen) atoms. The van der Waals surface area contributed by atoms with Gasteiger partial charge in [-0.3, -0.25) is 9.89 Å². The minimum Gasteiger partial charge on any atom is -0.389 e. The first-order valence-electron chi connectivity index (χ1n) is 9.50. The number of nitrogens with zero attached hydrogens (tertiary/aromatic N) is 2. The third-order valence-electron chi connectivity index (χ3n) is 6.34. The van der Waals surface area contributed by atoms with Gasteiger partial charge in [-0.1, -0.05) is 6.92 Å². The molecule has 2 aliphatic rings. The van der Waals surface area contributed by atoms with Crippen LogP contribution in [0, 0.1) is 25.7 Å². The van der Waals surface area contributed by atoms with Crippen LogP contribution in [0.3, 0.4) is 0 Å². The number of ether oxygens (including phenoxy) is 1. The molecule has 0 radical (unpaired) electrons. The van der Waals surface area contributed by atoms with Gasteiger partial charge in [0.1, 0.15) is 0 Å². The molecule has 0 saturated carbocycles. The normalized spacial score (nSPS) is 28.3. The van der Waals surface area contributed by atoms with E-state index in [4.69, 9.17) is 4.74 Å². The van der Waals surface area contributed by atoms with Crippen LogP contribution >= 0.6 is 0 Å². The van der Waals surface area contributed by atoms with Gasteiger partial charge in [0.15, 0.2) is 0 Å². The number of hydrogen-bond acceptors (Lipinski definition) is 4. The largest absolute Gasteiger partial charge is 0.389 e. The first-order valence-corrected chi connectivity index (χ1v) is 9.50. The van der Waals surface area contributed by atoms with Crippen molar-refractivity contribution in [2.24, 2.45) is 11.8 Å². The zero-order chi connectivity index (χ0) is 18.0. The van der Waals surface area contributed by atoms with Gasteiger partial charge in [-0.15, -0.1) is 0 Å². The average Bonchev–Trinajstić information content (AvgIpc) is 2.94. The van der Waals surface area contributed by atoms with E-state index in [-0.39, 0.29) is 11.8 Å². The predicted octanol–water partition coefficient (Wildman–Crippen LogP) is 1.99. The molecule has 6 nitrogen and oxygen atoms in total. The van der Waals surface area contributed by atoms with Crippen molar-refractivity contribution >= 4 is 5.91 Å². The van der Waals surface area contributed by atoms with Gasteiger partial charge in [0.2, 0.25) is 5.91 Å². The smallest absolute Gasteiger partial charge is 0.222 e. The molecule has 1 amide bonds. The lowest BCUT2D eigenvalue weighted by Gasteiger charge is -2.48. The van der Waals surface area contributed by atoms with Crippen LogP contribution in [0.1, 0.15) is 49.6 Å². The number of amides is 1. The summed E-state index contributed by atoms with van der Waals surface area (Å²) in [6.07, 6.45) is 3.67. The zero-order valence-corrected chi connectivity index (χ0v) is 15.7. The zero-order valence-electron chi connectivity index (χ0n) is 15.7. The molecule has 0 spiro atoms. The number of aryl methyl sites for hydroxylation is 2. The minimum absolute atomic E-state index is 0.0997. The van der Waals surface area contributed by atoms with Crippen molar-refractivity contribution < 1.29 is 14.6 Å². The summed E-state index contributed by atoms with van der Waals surface area (Å²) < 4.78 is 5.43. The molecule has 140 valence electrons. The van der Waals surface area contributed by atoms with Crippen LogP contribution in [0.4, 0.5) is 0 Å². The Hall–Kier alpha value is -1.40. The molecule has 0 unspecified atom stereocenters. The molecular formula is C19H31N3O3. The Morgan fingerprint density at radius 2 is 2.12 bits per heavy atom. The molecule has 6 heteroatoms. The van der Waals surface area contributed by atoms with Crippen LogP contribution in [0.15, 0.2) is 0 Å². The van der Waals surface area contributed by atoms with Gasteiger partial charge in [-0.2, -0.15) is 5.10 Å². The number of aliphatic hydroxyl groups is 1. The predicted molar refractivity (Wildman–Crippen MR) is 95.2 cm³/mol. The molecule has 1 aromatic heterocycles. The van der Waals surface area contributed by atoms with E-state index in [1.165, 1.54) is 0 Å². The second-order valence-electron chi connectivity index (χ2n) is 7.79. The summed E-state index contributed by atoms with van der Waals surface area (Å²) in [7, 11) is 0. The van der Waals surface area contributed by atoms with Crippen molar-refractivity contribution in [3.05, 3.63) is 17.0 Å². The van der Waals surface area contributed by atoms with E-state index >= 15 is 0 Å². The number of H-pyrrole nitrogens is 1. The van der Waals surface area contributed by atoms with Crippen molar-refractivity contribution in [1.82, 2.24) is 15.1 Å². The summed E-state index contributed by atoms with van der Waals surface area (Å²) in [4.78, 5) is 14.5. The summed E-state index contributed by atoms with van der Waals surface area (Å²) in [5, 5.41) is 18.5. The lowest BCUT2D eigenvalue weighted by molar-refractivity contribution is -0.151. The number of hydrogen-bond donors (Lipinski definition) is 2. The first-order chi connectivity index (χ1) is 11.9. The van der Waals surface area contributed by atoms with Crippen molar-refractivity contribution in [2.45, 2.75) is 58.5 Å². The summed E-state index contributed by atoms with van der Waals surface area (Å²) in [5.41, 5.74) is 2.54. The molecule has 1 aromatic rings. The number of aromatic nitrogens is 2. The first kappa shape index (κ1) is 18.4. The molecule has 2 N–H and O–H groups in total. The molecule has 2 atom stereocenters. The van der Waals surface area contributed by atoms with Gasteiger partial charge in [-0.25, -0.2) is 0 Å². The SMILES string of the molecule is Cc1[nH]nc(CCC(=O)N2CC[C@@](O)(C3CCOCC3)[C@H](C)C2)c1C. The van der Waals surface area contributed by atoms with Gasteiger partial charge in [0.25, 0.3) is 0 Å². The van der Waals surface area contributed by atoms with Crippen LogP contribution in [-0.4, -0.2) is 58.0 Å². The number of aromatic amines is 1. The van der Waals surface area contributed by atoms with Gasteiger partial charge in [0, 0.05) is 50.8 Å². The van der Waals surface area contributed by atoms with Crippen LogP contribution in [0.25, 0.3) is 0 Å². The number of likely N-dealkylation sites (tertiary alicyclic amines) is 1. The van der Waals surface area contributed by atoms with E-state index in [9.17, 15) is 9.90 Å². The lowest BCUT2D eigenvalue weighted by Crippen LogP contribution is -2.56. The molecule has 2 saturated heterocycles. The Bertz CT molecular complexity index is 609. The number of rotatable bonds is 4. The molecular weight excluding hydrogens is 318 g/mol. The molecule has 2 aliphatic heterocycles. The van der Waals surface area contributed by atoms with Crippen LogP contribution in [0.2, 0.25) is 0 Å². The summed E-state index contributed by atoms with van der Waals surface area (Å²) >= 11 is 0. The summed E-state index contributed by atoms with van der Waals surface area (Å²) in [6, 6.07) is 0. The van der Waals surface area contributed by atoms with Gasteiger partial charge >= 0.3 is 0 Å². The maximum absolute atomic E-state index is 12.6. The highest BCUT2D eigenvalue weighted by Gasteiger charge is 2.45. The number of carbonyl (C=O) groups is 1. The van der Waals surface area contributed by atoms with Crippen LogP contribution in [0.5, 0.6) is 0 Å². The second kappa shape index (κ2) is 7.46. The average molecular weight is 349 g/mol. The minimum atomic E-state index is -0.656. The van der Waals surface area contributed by atoms with E-state index in [0.717, 1.165) is 43.0 Å². The Morgan fingerprint density at radius 3 is 2.72 bits per heavy atom. The standard InChI is InChI=1S/C19H31N3O3/c1-13-12-22(9-8-19(13,24)16-6-10-25-11-7-16)18(23)5-4-17-14(2)15(3)20-21-17/h13,16,24H,4-12H2,1-3H3,(H,20,21)/t13-,19+/m1/s1. The molecule has 3 rings (SSSR count). The fourth-order valence-corrected chi connectivity index (χ4v) is 4.33. The fraction of sp³-hybridized carbons (Fsp3) is 0.789. The second-order valence-corrected chi connectivity index (χ2v) is 7.79. The van der Waals surface area contributed by atoms with Crippen molar-refractivity contribution in [2.75, 3.05) is 26.3 Å². The van der Waals surface area contributed by atoms with E-state index in [2.05, 4.69) is 17.1 Å². The Kier molecular flexibility index (Phi) is 5.49. The molecule has 0 aliphatic carbocycles. The third-order valence-corrected chi connectivity index (χ3v) is 6.34. The van der Waals surface area contributed by atoms with Crippen LogP contribution < -0.4 is 0 Å². The van der Waals surface area contributed by atoms with Gasteiger partial charge < -0.3 is 14.7 Å².